The van der Waals surface area contributed by atoms with Gasteiger partial charge in [0.2, 0.25) is 0 Å². The number of benzene rings is 1. The molecule has 4 nitrogen and oxygen atoms in total. The summed E-state index contributed by atoms with van der Waals surface area (Å²) in [5.41, 5.74) is 1.09. The second-order valence-electron chi connectivity index (χ2n) is 4.19. The van der Waals surface area contributed by atoms with Gasteiger partial charge in [0.25, 0.3) is 5.91 Å². The van der Waals surface area contributed by atoms with Gasteiger partial charge in [-0.25, -0.2) is 0 Å². The molecule has 1 aromatic carbocycles. The fraction of sp³-hybridized carbons (Fsp3) is 0.357. The molecule has 1 fully saturated rings. The minimum absolute atomic E-state index is 0.0696. The normalized spacial score (nSPS) is 17.7. The molecule has 1 unspecified atom stereocenters. The van der Waals surface area contributed by atoms with Gasteiger partial charge in [-0.3, -0.25) is 4.79 Å². The Labute approximate surface area is 116 Å². The van der Waals surface area contributed by atoms with Crippen molar-refractivity contribution >= 4 is 17.5 Å². The number of ether oxygens (including phenoxy) is 1. The van der Waals surface area contributed by atoms with Crippen LogP contribution in [0.25, 0.3) is 0 Å². The van der Waals surface area contributed by atoms with Crippen LogP contribution in [-0.2, 0) is 4.74 Å². The second-order valence-corrected chi connectivity index (χ2v) is 4.60. The van der Waals surface area contributed by atoms with Crippen LogP contribution in [0.1, 0.15) is 22.3 Å². The van der Waals surface area contributed by atoms with Crippen LogP contribution in [0.2, 0.25) is 5.02 Å². The van der Waals surface area contributed by atoms with Crippen LogP contribution in [0.15, 0.2) is 18.2 Å². The summed E-state index contributed by atoms with van der Waals surface area (Å²) in [6.07, 6.45) is 0.833. The third kappa shape index (κ3) is 3.71. The fourth-order valence-corrected chi connectivity index (χ4v) is 2.04. The Hall–Kier alpha value is -1.54. The molecule has 2 rings (SSSR count). The molecule has 1 amide bonds. The van der Waals surface area contributed by atoms with Crippen molar-refractivity contribution in [2.75, 3.05) is 19.8 Å². The first-order valence-electron chi connectivity index (χ1n) is 5.98. The van der Waals surface area contributed by atoms with Gasteiger partial charge in [0.15, 0.2) is 0 Å². The lowest BCUT2D eigenvalue weighted by atomic mass is 10.1. The van der Waals surface area contributed by atoms with Gasteiger partial charge in [0, 0.05) is 17.7 Å². The summed E-state index contributed by atoms with van der Waals surface area (Å²) in [5.74, 6) is 5.07. The first-order chi connectivity index (χ1) is 9.20. The standard InChI is InChI=1S/C14H14ClNO3/c15-13-8-11(4-3-10(13)2-1-6-17)14(18)16-12-5-7-19-9-12/h3-4,8,12,17H,5-7,9H2,(H,16,18). The summed E-state index contributed by atoms with van der Waals surface area (Å²) in [7, 11) is 0. The minimum atomic E-state index is -0.222. The number of aliphatic hydroxyl groups is 1. The van der Waals surface area contributed by atoms with Crippen molar-refractivity contribution in [1.29, 1.82) is 0 Å². The summed E-state index contributed by atoms with van der Waals surface area (Å²) < 4.78 is 5.20. The largest absolute Gasteiger partial charge is 0.384 e. The molecule has 0 aromatic heterocycles. The quantitative estimate of drug-likeness (QED) is 0.800. The maximum atomic E-state index is 12.0. The Kier molecular flexibility index (Phi) is 4.80. The van der Waals surface area contributed by atoms with Crippen LogP contribution in [0, 0.1) is 11.8 Å². The van der Waals surface area contributed by atoms with E-state index in [0.717, 1.165) is 6.42 Å². The molecule has 0 saturated carbocycles. The molecule has 1 heterocycles. The molecule has 100 valence electrons. The van der Waals surface area contributed by atoms with E-state index in [2.05, 4.69) is 17.2 Å². The van der Waals surface area contributed by atoms with Gasteiger partial charge in [-0.1, -0.05) is 23.4 Å². The van der Waals surface area contributed by atoms with Gasteiger partial charge < -0.3 is 15.2 Å². The van der Waals surface area contributed by atoms with E-state index >= 15 is 0 Å². The molecule has 5 heteroatoms. The molecular weight excluding hydrogens is 266 g/mol. The maximum absolute atomic E-state index is 12.0. The molecule has 0 radical (unpaired) electrons. The Balaban J connectivity index is 2.08. The van der Waals surface area contributed by atoms with Crippen LogP contribution in [0.5, 0.6) is 0 Å². The highest BCUT2D eigenvalue weighted by atomic mass is 35.5. The lowest BCUT2D eigenvalue weighted by molar-refractivity contribution is 0.0930. The van der Waals surface area contributed by atoms with Gasteiger partial charge in [-0.05, 0) is 24.6 Å². The number of rotatable bonds is 2. The van der Waals surface area contributed by atoms with Gasteiger partial charge in [0.1, 0.15) is 6.61 Å². The first kappa shape index (κ1) is 13.9. The molecule has 2 N–H and O–H groups in total. The zero-order valence-electron chi connectivity index (χ0n) is 10.3. The highest BCUT2D eigenvalue weighted by Gasteiger charge is 2.18. The molecule has 1 aliphatic rings. The average Bonchev–Trinajstić information content (AvgIpc) is 2.90. The Morgan fingerprint density at radius 1 is 1.58 bits per heavy atom. The van der Waals surface area contributed by atoms with Crippen LogP contribution in [0.3, 0.4) is 0 Å². The number of carbonyl (C=O) groups excluding carboxylic acids is 1. The number of hydrogen-bond donors (Lipinski definition) is 2. The Morgan fingerprint density at radius 2 is 2.42 bits per heavy atom. The summed E-state index contributed by atoms with van der Waals surface area (Å²) in [5, 5.41) is 11.9. The highest BCUT2D eigenvalue weighted by molar-refractivity contribution is 6.32. The number of hydrogen-bond acceptors (Lipinski definition) is 3. The molecule has 1 aliphatic heterocycles. The molecule has 0 aliphatic carbocycles. The molecule has 0 spiro atoms. The average molecular weight is 280 g/mol. The molecular formula is C14H14ClNO3. The van der Waals surface area contributed by atoms with Crippen LogP contribution < -0.4 is 5.32 Å². The van der Waals surface area contributed by atoms with E-state index in [-0.39, 0.29) is 18.6 Å². The molecule has 19 heavy (non-hydrogen) atoms. The van der Waals surface area contributed by atoms with E-state index in [1.54, 1.807) is 18.2 Å². The van der Waals surface area contributed by atoms with Gasteiger partial charge in [-0.15, -0.1) is 0 Å². The SMILES string of the molecule is O=C(NC1CCOC1)c1ccc(C#CCO)c(Cl)c1. The zero-order valence-corrected chi connectivity index (χ0v) is 11.0. The highest BCUT2D eigenvalue weighted by Crippen LogP contribution is 2.17. The summed E-state index contributed by atoms with van der Waals surface area (Å²) >= 11 is 6.04. The van der Waals surface area contributed by atoms with E-state index in [9.17, 15) is 4.79 Å². The van der Waals surface area contributed by atoms with Gasteiger partial charge in [0.05, 0.1) is 17.7 Å². The number of carbonyl (C=O) groups is 1. The Morgan fingerprint density at radius 3 is 3.05 bits per heavy atom. The summed E-state index contributed by atoms with van der Waals surface area (Å²) in [6.45, 7) is 1.02. The maximum Gasteiger partial charge on any atom is 0.251 e. The third-order valence-corrected chi connectivity index (χ3v) is 3.11. The van der Waals surface area contributed by atoms with E-state index in [1.165, 1.54) is 0 Å². The predicted molar refractivity (Wildman–Crippen MR) is 72.1 cm³/mol. The number of aliphatic hydroxyl groups excluding tert-OH is 1. The van der Waals surface area contributed by atoms with Crippen molar-refractivity contribution in [1.82, 2.24) is 5.32 Å². The van der Waals surface area contributed by atoms with Crippen molar-refractivity contribution < 1.29 is 14.6 Å². The van der Waals surface area contributed by atoms with Crippen molar-refractivity contribution in [3.63, 3.8) is 0 Å². The molecule has 1 saturated heterocycles. The van der Waals surface area contributed by atoms with Crippen LogP contribution >= 0.6 is 11.6 Å². The number of amides is 1. The number of halogens is 1. The summed E-state index contributed by atoms with van der Waals surface area (Å²) in [6, 6.07) is 4.98. The summed E-state index contributed by atoms with van der Waals surface area (Å²) in [4.78, 5) is 12.0. The van der Waals surface area contributed by atoms with Crippen LogP contribution in [-0.4, -0.2) is 36.9 Å². The first-order valence-corrected chi connectivity index (χ1v) is 6.36. The Bertz CT molecular complexity index is 527. The zero-order chi connectivity index (χ0) is 13.7. The predicted octanol–water partition coefficient (Wildman–Crippen LogP) is 1.20. The van der Waals surface area contributed by atoms with Crippen molar-refractivity contribution in [2.45, 2.75) is 12.5 Å². The van der Waals surface area contributed by atoms with Crippen molar-refractivity contribution in [3.05, 3.63) is 34.3 Å². The second kappa shape index (κ2) is 6.58. The van der Waals surface area contributed by atoms with E-state index in [0.29, 0.717) is 29.4 Å². The van der Waals surface area contributed by atoms with Gasteiger partial charge >= 0.3 is 0 Å². The molecule has 0 bridgehead atoms. The lowest BCUT2D eigenvalue weighted by Crippen LogP contribution is -2.34. The van der Waals surface area contributed by atoms with Gasteiger partial charge in [-0.2, -0.15) is 0 Å². The van der Waals surface area contributed by atoms with E-state index in [4.69, 9.17) is 21.4 Å². The van der Waals surface area contributed by atoms with E-state index in [1.807, 2.05) is 0 Å². The number of nitrogens with one attached hydrogen (secondary N) is 1. The molecule has 1 aromatic rings. The van der Waals surface area contributed by atoms with E-state index < -0.39 is 0 Å². The minimum Gasteiger partial charge on any atom is -0.384 e. The van der Waals surface area contributed by atoms with Crippen molar-refractivity contribution in [2.24, 2.45) is 0 Å². The fourth-order valence-electron chi connectivity index (χ4n) is 1.81. The van der Waals surface area contributed by atoms with Crippen molar-refractivity contribution in [3.8, 4) is 11.8 Å². The lowest BCUT2D eigenvalue weighted by Gasteiger charge is -2.10. The smallest absolute Gasteiger partial charge is 0.251 e. The molecule has 1 atom stereocenters. The topological polar surface area (TPSA) is 58.6 Å². The van der Waals surface area contributed by atoms with Crippen LogP contribution in [0.4, 0.5) is 0 Å². The third-order valence-electron chi connectivity index (χ3n) is 2.80. The monoisotopic (exact) mass is 279 g/mol.